The molecule has 0 aromatic heterocycles. The minimum atomic E-state index is -5.17. The molecule has 0 radical (unpaired) electrons. The maximum atomic E-state index is 12.8. The molecular formula is C53H79O14P. The maximum Gasteiger partial charge on any atom is 0.472 e. The maximum absolute atomic E-state index is 12.8. The number of phosphoric ester groups is 1. The molecule has 1 saturated heterocycles. The van der Waals surface area contributed by atoms with Gasteiger partial charge in [0.05, 0.1) is 18.8 Å². The summed E-state index contributed by atoms with van der Waals surface area (Å²) in [5.41, 5.74) is 0. The molecule has 380 valence electrons. The lowest BCUT2D eigenvalue weighted by atomic mass is 9.85. The van der Waals surface area contributed by atoms with Crippen LogP contribution < -0.4 is 0 Å². The van der Waals surface area contributed by atoms with Crippen LogP contribution in [0.5, 0.6) is 0 Å². The predicted molar refractivity (Wildman–Crippen MR) is 266 cm³/mol. The van der Waals surface area contributed by atoms with Crippen LogP contribution in [0.15, 0.2) is 134 Å². The third kappa shape index (κ3) is 29.1. The molecule has 0 amide bonds. The number of esters is 2. The summed E-state index contributed by atoms with van der Waals surface area (Å²) >= 11 is 0. The van der Waals surface area contributed by atoms with Crippen LogP contribution in [0.25, 0.3) is 0 Å². The number of ether oxygens (including phenoxy) is 3. The highest BCUT2D eigenvalue weighted by molar-refractivity contribution is 7.47. The van der Waals surface area contributed by atoms with Crippen LogP contribution in [-0.2, 0) is 37.4 Å². The fraction of sp³-hybridized carbons (Fsp3) is 0.547. The highest BCUT2D eigenvalue weighted by Crippen LogP contribution is 2.47. The van der Waals surface area contributed by atoms with E-state index in [0.717, 1.165) is 64.2 Å². The molecule has 1 saturated carbocycles. The second-order valence-corrected chi connectivity index (χ2v) is 17.6. The van der Waals surface area contributed by atoms with Gasteiger partial charge in [-0.25, -0.2) is 4.57 Å². The summed E-state index contributed by atoms with van der Waals surface area (Å²) in [5.74, 6) is -1.32. The molecule has 0 aromatic rings. The zero-order valence-electron chi connectivity index (χ0n) is 40.0. The van der Waals surface area contributed by atoms with Gasteiger partial charge in [0.1, 0.15) is 43.2 Å². The molecule has 6 N–H and O–H groups in total. The van der Waals surface area contributed by atoms with Gasteiger partial charge in [-0.15, -0.1) is 0 Å². The Kier molecular flexibility index (Phi) is 33.4. The number of hydrogen-bond donors (Lipinski definition) is 6. The largest absolute Gasteiger partial charge is 0.472 e. The van der Waals surface area contributed by atoms with Crippen molar-refractivity contribution in [2.45, 2.75) is 172 Å². The monoisotopic (exact) mass is 971 g/mol. The molecule has 68 heavy (non-hydrogen) atoms. The van der Waals surface area contributed by atoms with Crippen LogP contribution in [0.1, 0.15) is 117 Å². The molecule has 1 heterocycles. The van der Waals surface area contributed by atoms with E-state index < -0.39 is 75.7 Å². The lowest BCUT2D eigenvalue weighted by molar-refractivity contribution is -0.220. The highest BCUT2D eigenvalue weighted by Gasteiger charge is 2.51. The van der Waals surface area contributed by atoms with Gasteiger partial charge >= 0.3 is 19.8 Å². The van der Waals surface area contributed by atoms with Crippen LogP contribution in [-0.4, -0.2) is 111 Å². The summed E-state index contributed by atoms with van der Waals surface area (Å²) in [6.07, 6.45) is 44.2. The molecule has 0 bridgehead atoms. The van der Waals surface area contributed by atoms with Gasteiger partial charge in [-0.05, 0) is 89.9 Å². The first kappa shape index (κ1) is 60.1. The third-order valence-corrected chi connectivity index (χ3v) is 11.4. The molecule has 10 atom stereocenters. The number of rotatable bonds is 36. The molecule has 1 aliphatic carbocycles. The van der Waals surface area contributed by atoms with Crippen LogP contribution in [0.2, 0.25) is 0 Å². The van der Waals surface area contributed by atoms with Crippen molar-refractivity contribution in [1.29, 1.82) is 0 Å². The zero-order chi connectivity index (χ0) is 49.7. The number of aliphatic hydroxyl groups is 5. The quantitative estimate of drug-likeness (QED) is 0.0149. The Hall–Kier alpha value is -4.05. The lowest BCUT2D eigenvalue weighted by Crippen LogP contribution is -2.64. The molecule has 0 spiro atoms. The number of carbonyl (C=O) groups is 2. The van der Waals surface area contributed by atoms with Crippen LogP contribution in [0.3, 0.4) is 0 Å². The van der Waals surface area contributed by atoms with E-state index in [0.29, 0.717) is 37.9 Å². The predicted octanol–water partition coefficient (Wildman–Crippen LogP) is 8.93. The van der Waals surface area contributed by atoms with Gasteiger partial charge in [-0.3, -0.25) is 18.6 Å². The van der Waals surface area contributed by atoms with Crippen LogP contribution in [0, 0.1) is 0 Å². The number of allylic oxidation sites excluding steroid dienone is 20. The van der Waals surface area contributed by atoms with Crippen molar-refractivity contribution in [3.05, 3.63) is 134 Å². The lowest BCUT2D eigenvalue weighted by Gasteiger charge is -2.41. The molecule has 2 rings (SSSR count). The Morgan fingerprint density at radius 3 is 1.29 bits per heavy atom. The molecule has 2 aliphatic rings. The Labute approximate surface area is 404 Å². The van der Waals surface area contributed by atoms with E-state index >= 15 is 0 Å². The highest BCUT2D eigenvalue weighted by atomic mass is 31.2. The van der Waals surface area contributed by atoms with E-state index in [1.54, 1.807) is 0 Å². The number of carbonyl (C=O) groups excluding carboxylic acids is 2. The first-order valence-electron chi connectivity index (χ1n) is 24.1. The SMILES string of the molecule is CC/C=C\C/C=C\C/C=C\C/C=C\C/C=C\C/C=C\CCC(=O)OC[C@H](COP(=O)(O)OC1[C@H](O)[C@H](O)C(O)[C@H](O)[C@H]1O)OC(=O)CC/C=C\C/C=C\C/C=C\C/C=C\CC1OC1C/C=C\CC. The Morgan fingerprint density at radius 2 is 0.853 bits per heavy atom. The van der Waals surface area contributed by atoms with Crippen LogP contribution >= 0.6 is 7.82 Å². The van der Waals surface area contributed by atoms with Crippen molar-refractivity contribution >= 4 is 19.8 Å². The van der Waals surface area contributed by atoms with Crippen molar-refractivity contribution in [2.75, 3.05) is 13.2 Å². The topological polar surface area (TPSA) is 222 Å². The fourth-order valence-electron chi connectivity index (χ4n) is 6.50. The molecule has 14 nitrogen and oxygen atoms in total. The van der Waals surface area contributed by atoms with Crippen molar-refractivity contribution in [3.8, 4) is 0 Å². The average molecular weight is 971 g/mol. The van der Waals surface area contributed by atoms with Gasteiger partial charge in [0.25, 0.3) is 0 Å². The van der Waals surface area contributed by atoms with E-state index in [9.17, 15) is 44.6 Å². The minimum Gasteiger partial charge on any atom is -0.462 e. The number of hydrogen-bond acceptors (Lipinski definition) is 13. The van der Waals surface area contributed by atoms with Crippen molar-refractivity contribution < 1.29 is 67.8 Å². The number of aliphatic hydroxyl groups excluding tert-OH is 5. The first-order chi connectivity index (χ1) is 32.9. The standard InChI is InChI=1S/C53H79O14P/c1-3-5-7-8-9-10-11-12-13-14-15-16-17-18-22-25-28-31-35-39-46(54)63-41-43(42-64-68(61,62)67-53-51(59)49(57)48(56)50(58)52(53)60)65-47(55)40-36-32-29-26-23-20-19-21-24-27-30-34-38-45-44(66-45)37-33-6-4-2/h5-7,9-10,12-13,15-16,18,20-24,28-34,43-45,48-53,56-60H,3-4,8,11,14,17,19,25-27,35-42H2,1-2H3,(H,61,62)/b7-5-,10-9-,13-12-,16-15-,22-18-,23-20-,24-21-,31-28-,32-29-,33-6-,34-30-/t43-,44?,45?,48?,49-,50+,51-,52-,53?/m1/s1. The summed E-state index contributed by atoms with van der Waals surface area (Å²) in [5, 5.41) is 50.2. The van der Waals surface area contributed by atoms with Gasteiger partial charge in [0.15, 0.2) is 6.10 Å². The molecule has 1 aliphatic heterocycles. The van der Waals surface area contributed by atoms with Crippen molar-refractivity contribution in [1.82, 2.24) is 0 Å². The summed E-state index contributed by atoms with van der Waals surface area (Å²) in [7, 11) is -5.17. The fourth-order valence-corrected chi connectivity index (χ4v) is 7.47. The first-order valence-corrected chi connectivity index (χ1v) is 25.6. The summed E-state index contributed by atoms with van der Waals surface area (Å²) in [6.45, 7) is 2.92. The molecule has 5 unspecified atom stereocenters. The van der Waals surface area contributed by atoms with Gasteiger partial charge < -0.3 is 44.6 Å². The number of phosphoric acid groups is 1. The Bertz CT molecular complexity index is 1760. The van der Waals surface area contributed by atoms with E-state index in [1.807, 2.05) is 42.5 Å². The molecule has 2 fully saturated rings. The molecular weight excluding hydrogens is 892 g/mol. The van der Waals surface area contributed by atoms with Crippen molar-refractivity contribution in [3.63, 3.8) is 0 Å². The summed E-state index contributed by atoms with van der Waals surface area (Å²) in [4.78, 5) is 35.7. The van der Waals surface area contributed by atoms with Crippen LogP contribution in [0.4, 0.5) is 0 Å². The zero-order valence-corrected chi connectivity index (χ0v) is 40.9. The van der Waals surface area contributed by atoms with Gasteiger partial charge in [0, 0.05) is 12.8 Å². The Balaban J connectivity index is 1.76. The third-order valence-electron chi connectivity index (χ3n) is 10.4. The van der Waals surface area contributed by atoms with E-state index in [-0.39, 0.29) is 12.8 Å². The average Bonchev–Trinajstić information content (AvgIpc) is 4.08. The molecule has 0 aromatic carbocycles. The second kappa shape index (κ2) is 37.8. The summed E-state index contributed by atoms with van der Waals surface area (Å²) < 4.78 is 39.1. The van der Waals surface area contributed by atoms with Gasteiger partial charge in [-0.1, -0.05) is 148 Å². The summed E-state index contributed by atoms with van der Waals surface area (Å²) in [6, 6.07) is 0. The van der Waals surface area contributed by atoms with Gasteiger partial charge in [0.2, 0.25) is 0 Å². The van der Waals surface area contributed by atoms with Crippen molar-refractivity contribution in [2.24, 2.45) is 0 Å². The van der Waals surface area contributed by atoms with Gasteiger partial charge in [-0.2, -0.15) is 0 Å². The smallest absolute Gasteiger partial charge is 0.462 e. The molecule has 15 heteroatoms. The Morgan fingerprint density at radius 1 is 0.500 bits per heavy atom. The number of epoxide rings is 1. The van der Waals surface area contributed by atoms with E-state index in [4.69, 9.17) is 23.3 Å². The normalized spacial score (nSPS) is 25.2. The minimum absolute atomic E-state index is 0.0147. The van der Waals surface area contributed by atoms with E-state index in [1.165, 1.54) is 0 Å². The van der Waals surface area contributed by atoms with E-state index in [2.05, 4.69) is 105 Å². The second-order valence-electron chi connectivity index (χ2n) is 16.2.